The van der Waals surface area contributed by atoms with Gasteiger partial charge in [0.1, 0.15) is 0 Å². The van der Waals surface area contributed by atoms with E-state index in [9.17, 15) is 0 Å². The molecule has 0 spiro atoms. The number of benzene rings is 1. The number of aryl methyl sites for hydroxylation is 1. The molecule has 0 bridgehead atoms. The fraction of sp³-hybridized carbons (Fsp3) is 0.625. The molecule has 0 N–H and O–H groups in total. The Labute approximate surface area is 168 Å². The summed E-state index contributed by atoms with van der Waals surface area (Å²) >= 11 is 0. The number of aliphatic imine (C=N–C) groups is 1. The Morgan fingerprint density at radius 3 is 2.44 bits per heavy atom. The van der Waals surface area contributed by atoms with Gasteiger partial charge >= 0.3 is 0 Å². The summed E-state index contributed by atoms with van der Waals surface area (Å²) in [4.78, 5) is 6.62. The molecule has 0 atom stereocenters. The SMILES string of the molecule is CC.CCC(=N/C=C\Cc1ccc2c(c1)CCCN2C)OC.CCCCC. The molecule has 3 heteroatoms. The quantitative estimate of drug-likeness (QED) is 0.404. The topological polar surface area (TPSA) is 24.8 Å². The maximum Gasteiger partial charge on any atom is 0.187 e. The van der Waals surface area contributed by atoms with Crippen molar-refractivity contribution in [3.63, 3.8) is 0 Å². The standard InChI is InChI=1S/C17H24N2O.C5H12.C2H6/c1-4-17(20-3)18-11-5-7-14-9-10-16-15(13-14)8-6-12-19(16)2;1-3-5-4-2;1-2/h5,9-11,13H,4,6-8,12H2,1-3H3;3-5H2,1-2H3;1-2H3/b11-5-,18-17?;;. The molecule has 1 heterocycles. The number of methoxy groups -OCH3 is 1. The van der Waals surface area contributed by atoms with Crippen molar-refractivity contribution < 1.29 is 4.74 Å². The van der Waals surface area contributed by atoms with E-state index in [-0.39, 0.29) is 0 Å². The molecule has 0 radical (unpaired) electrons. The Kier molecular flexibility index (Phi) is 15.3. The van der Waals surface area contributed by atoms with Gasteiger partial charge in [-0.1, -0.05) is 72.1 Å². The Hall–Kier alpha value is -1.77. The van der Waals surface area contributed by atoms with Crippen molar-refractivity contribution in [3.8, 4) is 0 Å². The highest BCUT2D eigenvalue weighted by Crippen LogP contribution is 2.26. The number of rotatable bonds is 6. The van der Waals surface area contributed by atoms with Crippen LogP contribution in [-0.4, -0.2) is 26.6 Å². The van der Waals surface area contributed by atoms with Crippen LogP contribution < -0.4 is 4.90 Å². The van der Waals surface area contributed by atoms with Gasteiger partial charge in [0.2, 0.25) is 0 Å². The van der Waals surface area contributed by atoms with Crippen LogP contribution in [-0.2, 0) is 17.6 Å². The Bertz CT molecular complexity index is 541. The van der Waals surface area contributed by atoms with Crippen LogP contribution in [0.15, 0.2) is 35.5 Å². The third-order valence-electron chi connectivity index (χ3n) is 4.42. The van der Waals surface area contributed by atoms with Crippen molar-refractivity contribution in [2.24, 2.45) is 4.99 Å². The van der Waals surface area contributed by atoms with Crippen LogP contribution in [0.25, 0.3) is 0 Å². The molecule has 3 nitrogen and oxygen atoms in total. The highest BCUT2D eigenvalue weighted by atomic mass is 16.5. The van der Waals surface area contributed by atoms with Crippen molar-refractivity contribution in [1.29, 1.82) is 0 Å². The largest absolute Gasteiger partial charge is 0.484 e. The zero-order valence-electron chi connectivity index (χ0n) is 18.8. The smallest absolute Gasteiger partial charge is 0.187 e. The summed E-state index contributed by atoms with van der Waals surface area (Å²) in [5.41, 5.74) is 4.20. The number of anilines is 1. The van der Waals surface area contributed by atoms with Gasteiger partial charge in [0, 0.05) is 31.9 Å². The maximum atomic E-state index is 5.13. The number of hydrogen-bond donors (Lipinski definition) is 0. The molecule has 0 aliphatic carbocycles. The number of ether oxygens (including phenoxy) is 1. The van der Waals surface area contributed by atoms with Crippen LogP contribution in [0.1, 0.15) is 77.8 Å². The molecule has 0 amide bonds. The predicted molar refractivity (Wildman–Crippen MR) is 122 cm³/mol. The second-order valence-electron chi connectivity index (χ2n) is 6.51. The summed E-state index contributed by atoms with van der Waals surface area (Å²) in [5, 5.41) is 0. The van der Waals surface area contributed by atoms with Gasteiger partial charge in [-0.3, -0.25) is 0 Å². The highest BCUT2D eigenvalue weighted by Gasteiger charge is 2.13. The third-order valence-corrected chi connectivity index (χ3v) is 4.42. The number of fused-ring (bicyclic) bond motifs is 1. The molecule has 0 saturated carbocycles. The van der Waals surface area contributed by atoms with Gasteiger partial charge in [-0.05, 0) is 36.5 Å². The first-order chi connectivity index (χ1) is 13.2. The molecular weight excluding hydrogens is 332 g/mol. The van der Waals surface area contributed by atoms with E-state index in [4.69, 9.17) is 4.74 Å². The maximum absolute atomic E-state index is 5.13. The Balaban J connectivity index is 0.000000838. The fourth-order valence-corrected chi connectivity index (χ4v) is 2.93. The number of allylic oxidation sites excluding steroid dienone is 1. The summed E-state index contributed by atoms with van der Waals surface area (Å²) in [5.74, 6) is 0.772. The van der Waals surface area contributed by atoms with Gasteiger partial charge in [-0.15, -0.1) is 0 Å². The van der Waals surface area contributed by atoms with Gasteiger partial charge in [0.25, 0.3) is 0 Å². The molecule has 0 aromatic heterocycles. The van der Waals surface area contributed by atoms with Crippen molar-refractivity contribution in [3.05, 3.63) is 41.6 Å². The van der Waals surface area contributed by atoms with Crippen molar-refractivity contribution >= 4 is 11.6 Å². The molecule has 0 saturated heterocycles. The molecule has 1 aromatic carbocycles. The lowest BCUT2D eigenvalue weighted by Crippen LogP contribution is -2.24. The normalized spacial score (nSPS) is 13.3. The van der Waals surface area contributed by atoms with Crippen LogP contribution in [0.4, 0.5) is 5.69 Å². The first-order valence-electron chi connectivity index (χ1n) is 10.7. The van der Waals surface area contributed by atoms with E-state index in [1.54, 1.807) is 7.11 Å². The molecule has 0 unspecified atom stereocenters. The zero-order chi connectivity index (χ0) is 20.5. The second kappa shape index (κ2) is 16.4. The Morgan fingerprint density at radius 1 is 1.19 bits per heavy atom. The molecular formula is C24H42N2O. The minimum absolute atomic E-state index is 0.772. The van der Waals surface area contributed by atoms with E-state index in [1.165, 1.54) is 48.9 Å². The van der Waals surface area contributed by atoms with Crippen molar-refractivity contribution in [2.75, 3.05) is 25.6 Å². The van der Waals surface area contributed by atoms with Crippen molar-refractivity contribution in [2.45, 2.75) is 79.6 Å². The van der Waals surface area contributed by atoms with Gasteiger partial charge < -0.3 is 9.64 Å². The molecule has 1 aliphatic rings. The van der Waals surface area contributed by atoms with Gasteiger partial charge in [0.15, 0.2) is 5.90 Å². The number of unbranched alkanes of at least 4 members (excludes halogenated alkanes) is 2. The molecule has 154 valence electrons. The summed E-state index contributed by atoms with van der Waals surface area (Å²) in [7, 11) is 3.83. The van der Waals surface area contributed by atoms with E-state index in [0.717, 1.165) is 25.3 Å². The Morgan fingerprint density at radius 2 is 1.89 bits per heavy atom. The van der Waals surface area contributed by atoms with Gasteiger partial charge in [0.05, 0.1) is 7.11 Å². The van der Waals surface area contributed by atoms with Gasteiger partial charge in [-0.2, -0.15) is 0 Å². The molecule has 1 aromatic rings. The van der Waals surface area contributed by atoms with E-state index >= 15 is 0 Å². The predicted octanol–water partition coefficient (Wildman–Crippen LogP) is 6.80. The van der Waals surface area contributed by atoms with Crippen LogP contribution in [0.5, 0.6) is 0 Å². The monoisotopic (exact) mass is 374 g/mol. The third kappa shape index (κ3) is 10.2. The molecule has 1 aliphatic heterocycles. The average Bonchev–Trinajstić information content (AvgIpc) is 2.71. The fourth-order valence-electron chi connectivity index (χ4n) is 2.93. The minimum Gasteiger partial charge on any atom is -0.484 e. The van der Waals surface area contributed by atoms with Crippen LogP contribution in [0, 0.1) is 0 Å². The van der Waals surface area contributed by atoms with E-state index in [1.807, 2.05) is 27.0 Å². The number of nitrogens with zero attached hydrogens (tertiary/aromatic N) is 2. The van der Waals surface area contributed by atoms with E-state index < -0.39 is 0 Å². The van der Waals surface area contributed by atoms with E-state index in [0.29, 0.717) is 0 Å². The highest BCUT2D eigenvalue weighted by molar-refractivity contribution is 5.76. The lowest BCUT2D eigenvalue weighted by Gasteiger charge is -2.27. The second-order valence-corrected chi connectivity index (χ2v) is 6.51. The van der Waals surface area contributed by atoms with Crippen LogP contribution >= 0.6 is 0 Å². The lowest BCUT2D eigenvalue weighted by molar-refractivity contribution is 0.392. The van der Waals surface area contributed by atoms with E-state index in [2.05, 4.69) is 55.1 Å². The zero-order valence-corrected chi connectivity index (χ0v) is 18.8. The van der Waals surface area contributed by atoms with Crippen molar-refractivity contribution in [1.82, 2.24) is 0 Å². The summed E-state index contributed by atoms with van der Waals surface area (Å²) < 4.78 is 5.13. The van der Waals surface area contributed by atoms with Crippen LogP contribution in [0.2, 0.25) is 0 Å². The molecule has 0 fully saturated rings. The minimum atomic E-state index is 0.772. The summed E-state index contributed by atoms with van der Waals surface area (Å²) in [6.07, 6.45) is 12.2. The van der Waals surface area contributed by atoms with Gasteiger partial charge in [-0.25, -0.2) is 4.99 Å². The summed E-state index contributed by atoms with van der Waals surface area (Å²) in [6.45, 7) is 11.6. The molecule has 2 rings (SSSR count). The number of hydrogen-bond acceptors (Lipinski definition) is 3. The first-order valence-corrected chi connectivity index (χ1v) is 10.7. The first kappa shape index (κ1) is 25.2. The summed E-state index contributed by atoms with van der Waals surface area (Å²) in [6, 6.07) is 6.79. The molecule has 27 heavy (non-hydrogen) atoms. The van der Waals surface area contributed by atoms with Crippen LogP contribution in [0.3, 0.4) is 0 Å². The average molecular weight is 375 g/mol. The lowest BCUT2D eigenvalue weighted by atomic mass is 9.98.